The molecule has 0 bridgehead atoms. The molecule has 108 valence electrons. The van der Waals surface area contributed by atoms with Crippen molar-refractivity contribution in [1.82, 2.24) is 4.90 Å². The van der Waals surface area contributed by atoms with E-state index in [1.54, 1.807) is 0 Å². The van der Waals surface area contributed by atoms with Gasteiger partial charge in [-0.3, -0.25) is 4.90 Å². The zero-order chi connectivity index (χ0) is 14.4. The van der Waals surface area contributed by atoms with E-state index in [4.69, 9.17) is 11.6 Å². The summed E-state index contributed by atoms with van der Waals surface area (Å²) in [6, 6.07) is 2.26. The van der Waals surface area contributed by atoms with Gasteiger partial charge in [-0.2, -0.15) is 0 Å². The van der Waals surface area contributed by atoms with Crippen molar-refractivity contribution in [1.29, 1.82) is 0 Å². The summed E-state index contributed by atoms with van der Waals surface area (Å²) in [5, 5.41) is 3.07. The van der Waals surface area contributed by atoms with Crippen LogP contribution in [0.3, 0.4) is 0 Å². The molecular weight excluding hydrogens is 286 g/mol. The molecule has 0 saturated heterocycles. The van der Waals surface area contributed by atoms with Gasteiger partial charge in [-0.05, 0) is 48.0 Å². The molecule has 20 heavy (non-hydrogen) atoms. The van der Waals surface area contributed by atoms with Crippen molar-refractivity contribution in [2.75, 3.05) is 13.1 Å². The molecule has 1 heterocycles. The second-order valence-corrected chi connectivity index (χ2v) is 6.34. The lowest BCUT2D eigenvalue weighted by Gasteiger charge is -2.22. The maximum atomic E-state index is 6.35. The number of allylic oxidation sites excluding steroid dienone is 4. The molecule has 0 spiro atoms. The molecule has 0 atom stereocenters. The zero-order valence-corrected chi connectivity index (χ0v) is 13.8. The van der Waals surface area contributed by atoms with Gasteiger partial charge in [-0.1, -0.05) is 43.7 Å². The molecule has 0 aliphatic heterocycles. The minimum atomic E-state index is 0.873. The molecule has 1 aromatic rings. The maximum absolute atomic E-state index is 6.35. The second-order valence-electron chi connectivity index (χ2n) is 4.93. The highest BCUT2D eigenvalue weighted by Gasteiger charge is 2.12. The second kappa shape index (κ2) is 7.82. The molecule has 1 aliphatic carbocycles. The van der Waals surface area contributed by atoms with E-state index >= 15 is 0 Å². The SMILES string of the molecule is CCc1sccc1CN(CC)CC1=CCC=CC=C1Cl. The van der Waals surface area contributed by atoms with Gasteiger partial charge in [0.1, 0.15) is 0 Å². The third kappa shape index (κ3) is 4.08. The lowest BCUT2D eigenvalue weighted by atomic mass is 10.1. The van der Waals surface area contributed by atoms with E-state index in [0.717, 1.165) is 37.5 Å². The Kier molecular flexibility index (Phi) is 6.08. The van der Waals surface area contributed by atoms with E-state index in [0.29, 0.717) is 0 Å². The lowest BCUT2D eigenvalue weighted by molar-refractivity contribution is 0.305. The van der Waals surface area contributed by atoms with Crippen LogP contribution in [-0.2, 0) is 13.0 Å². The Hall–Kier alpha value is -0.830. The summed E-state index contributed by atoms with van der Waals surface area (Å²) in [7, 11) is 0. The maximum Gasteiger partial charge on any atom is 0.0447 e. The number of halogens is 1. The lowest BCUT2D eigenvalue weighted by Crippen LogP contribution is -2.25. The molecule has 1 aromatic heterocycles. The monoisotopic (exact) mass is 307 g/mol. The first-order chi connectivity index (χ1) is 9.74. The molecular formula is C17H22ClNS. The molecule has 2 rings (SSSR count). The number of nitrogens with zero attached hydrogens (tertiary/aromatic N) is 1. The minimum absolute atomic E-state index is 0.873. The summed E-state index contributed by atoms with van der Waals surface area (Å²) in [6.07, 6.45) is 10.5. The molecule has 0 N–H and O–H groups in total. The summed E-state index contributed by atoms with van der Waals surface area (Å²) >= 11 is 8.21. The fraction of sp³-hybridized carbons (Fsp3) is 0.412. The molecule has 0 amide bonds. The van der Waals surface area contributed by atoms with Gasteiger partial charge in [0.15, 0.2) is 0 Å². The van der Waals surface area contributed by atoms with E-state index in [2.05, 4.69) is 42.3 Å². The quantitative estimate of drug-likeness (QED) is 0.703. The van der Waals surface area contributed by atoms with Gasteiger partial charge >= 0.3 is 0 Å². The van der Waals surface area contributed by atoms with Crippen molar-refractivity contribution in [2.24, 2.45) is 0 Å². The molecule has 1 nitrogen and oxygen atoms in total. The van der Waals surface area contributed by atoms with E-state index in [9.17, 15) is 0 Å². The van der Waals surface area contributed by atoms with Gasteiger partial charge < -0.3 is 0 Å². The first kappa shape index (κ1) is 15.6. The van der Waals surface area contributed by atoms with Crippen LogP contribution >= 0.6 is 22.9 Å². The number of rotatable bonds is 6. The Labute approximate surface area is 131 Å². The van der Waals surface area contributed by atoms with Gasteiger partial charge in [-0.25, -0.2) is 0 Å². The molecule has 0 unspecified atom stereocenters. The number of aryl methyl sites for hydroxylation is 1. The molecule has 0 radical (unpaired) electrons. The Bertz CT molecular complexity index is 525. The van der Waals surface area contributed by atoms with Crippen LogP contribution in [0.15, 0.2) is 46.4 Å². The van der Waals surface area contributed by atoms with Crippen molar-refractivity contribution in [3.8, 4) is 0 Å². The topological polar surface area (TPSA) is 3.24 Å². The average Bonchev–Trinajstić information content (AvgIpc) is 2.81. The van der Waals surface area contributed by atoms with Gasteiger partial charge in [0.05, 0.1) is 0 Å². The highest BCUT2D eigenvalue weighted by atomic mass is 35.5. The van der Waals surface area contributed by atoms with Crippen molar-refractivity contribution >= 4 is 22.9 Å². The predicted octanol–water partition coefficient (Wildman–Crippen LogP) is 5.14. The van der Waals surface area contributed by atoms with Crippen LogP contribution in [0.1, 0.15) is 30.7 Å². The van der Waals surface area contributed by atoms with Crippen molar-refractivity contribution < 1.29 is 0 Å². The summed E-state index contributed by atoms with van der Waals surface area (Å²) in [4.78, 5) is 3.95. The Morgan fingerprint density at radius 3 is 2.90 bits per heavy atom. The molecule has 0 saturated carbocycles. The highest BCUT2D eigenvalue weighted by Crippen LogP contribution is 2.23. The van der Waals surface area contributed by atoms with Gasteiger partial charge in [-0.15, -0.1) is 11.3 Å². The third-order valence-corrected chi connectivity index (χ3v) is 5.06. The zero-order valence-electron chi connectivity index (χ0n) is 12.2. The van der Waals surface area contributed by atoms with Crippen LogP contribution in [0.25, 0.3) is 0 Å². The largest absolute Gasteiger partial charge is 0.295 e. The van der Waals surface area contributed by atoms with Crippen LogP contribution < -0.4 is 0 Å². The highest BCUT2D eigenvalue weighted by molar-refractivity contribution is 7.10. The van der Waals surface area contributed by atoms with Crippen molar-refractivity contribution in [2.45, 2.75) is 33.2 Å². The van der Waals surface area contributed by atoms with Crippen LogP contribution in [0.4, 0.5) is 0 Å². The summed E-state index contributed by atoms with van der Waals surface area (Å²) in [5.41, 5.74) is 2.71. The minimum Gasteiger partial charge on any atom is -0.295 e. The van der Waals surface area contributed by atoms with Crippen molar-refractivity contribution in [3.63, 3.8) is 0 Å². The standard InChI is InChI=1S/C17H22ClNS/c1-3-17-15(10-11-20-17)13-19(4-2)12-14-8-6-5-7-9-16(14)18/h5,7-11H,3-4,6,12-13H2,1-2H3. The van der Waals surface area contributed by atoms with E-state index < -0.39 is 0 Å². The molecule has 0 aromatic carbocycles. The number of thiophene rings is 1. The molecule has 0 fully saturated rings. The Morgan fingerprint density at radius 1 is 1.30 bits per heavy atom. The fourth-order valence-electron chi connectivity index (χ4n) is 2.37. The van der Waals surface area contributed by atoms with E-state index in [-0.39, 0.29) is 0 Å². The molecule has 3 heteroatoms. The summed E-state index contributed by atoms with van der Waals surface area (Å²) in [6.45, 7) is 7.41. The Balaban J connectivity index is 2.04. The van der Waals surface area contributed by atoms with Gasteiger partial charge in [0.2, 0.25) is 0 Å². The number of likely N-dealkylation sites (N-methyl/N-ethyl adjacent to an activating group) is 1. The van der Waals surface area contributed by atoms with E-state index in [1.165, 1.54) is 16.0 Å². The fourth-order valence-corrected chi connectivity index (χ4v) is 3.42. The van der Waals surface area contributed by atoms with Gasteiger partial charge in [0, 0.05) is 23.0 Å². The average molecular weight is 308 g/mol. The third-order valence-electron chi connectivity index (χ3n) is 3.58. The normalized spacial score (nSPS) is 15.2. The smallest absolute Gasteiger partial charge is 0.0447 e. The summed E-state index contributed by atoms with van der Waals surface area (Å²) < 4.78 is 0. The van der Waals surface area contributed by atoms with Gasteiger partial charge in [0.25, 0.3) is 0 Å². The van der Waals surface area contributed by atoms with Crippen molar-refractivity contribution in [3.05, 3.63) is 56.8 Å². The first-order valence-corrected chi connectivity index (χ1v) is 8.49. The first-order valence-electron chi connectivity index (χ1n) is 7.23. The summed E-state index contributed by atoms with van der Waals surface area (Å²) in [5.74, 6) is 0. The number of hydrogen-bond acceptors (Lipinski definition) is 2. The van der Waals surface area contributed by atoms with Crippen LogP contribution in [0.2, 0.25) is 0 Å². The van der Waals surface area contributed by atoms with Crippen LogP contribution in [0.5, 0.6) is 0 Å². The Morgan fingerprint density at radius 2 is 2.15 bits per heavy atom. The predicted molar refractivity (Wildman–Crippen MR) is 90.4 cm³/mol. The molecule has 1 aliphatic rings. The van der Waals surface area contributed by atoms with E-state index in [1.807, 2.05) is 23.5 Å². The van der Waals surface area contributed by atoms with Crippen LogP contribution in [-0.4, -0.2) is 18.0 Å². The van der Waals surface area contributed by atoms with Crippen LogP contribution in [0, 0.1) is 0 Å². The number of hydrogen-bond donors (Lipinski definition) is 0.